The Kier molecular flexibility index (Phi) is 6.39. The van der Waals surface area contributed by atoms with E-state index in [4.69, 9.17) is 9.63 Å². The summed E-state index contributed by atoms with van der Waals surface area (Å²) in [4.78, 5) is 25.2. The molecular weight excluding hydrogens is 413 g/mol. The third-order valence-electron chi connectivity index (χ3n) is 6.25. The maximum absolute atomic E-state index is 13.0. The SMILES string of the molecule is Cc1c(C(=O)NCc2ccc(F)cc2)ccc2c(CCC3CCN(C(=O)O)CC3)noc12. The van der Waals surface area contributed by atoms with Crippen LogP contribution in [0, 0.1) is 18.7 Å². The standard InChI is InChI=1S/C24H26FN3O4/c1-15-19(23(29)26-14-17-2-5-18(25)6-3-17)7-8-20-21(27-32-22(15)20)9-4-16-10-12-28(13-11-16)24(30)31/h2-3,5-8,16H,4,9-14H2,1H3,(H,26,29)(H,30,31). The normalized spacial score (nSPS) is 14.6. The van der Waals surface area contributed by atoms with Crippen LogP contribution in [-0.4, -0.2) is 40.3 Å². The number of rotatable bonds is 6. The number of aryl methyl sites for hydroxylation is 2. The second-order valence-electron chi connectivity index (χ2n) is 8.30. The molecule has 1 aliphatic heterocycles. The molecule has 8 heteroatoms. The minimum Gasteiger partial charge on any atom is -0.465 e. The molecule has 0 saturated carbocycles. The van der Waals surface area contributed by atoms with Crippen LogP contribution < -0.4 is 5.32 Å². The van der Waals surface area contributed by atoms with Gasteiger partial charge in [0.05, 0.1) is 5.69 Å². The van der Waals surface area contributed by atoms with Gasteiger partial charge in [-0.25, -0.2) is 9.18 Å². The van der Waals surface area contributed by atoms with Crippen molar-refractivity contribution in [3.8, 4) is 0 Å². The van der Waals surface area contributed by atoms with Crippen LogP contribution in [0.15, 0.2) is 40.9 Å². The van der Waals surface area contributed by atoms with Crippen LogP contribution in [0.3, 0.4) is 0 Å². The maximum Gasteiger partial charge on any atom is 0.407 e. The van der Waals surface area contributed by atoms with Gasteiger partial charge in [-0.2, -0.15) is 0 Å². The van der Waals surface area contributed by atoms with Gasteiger partial charge in [0.1, 0.15) is 5.82 Å². The number of benzene rings is 2. The molecule has 0 bridgehead atoms. The van der Waals surface area contributed by atoms with Crippen molar-refractivity contribution in [3.63, 3.8) is 0 Å². The zero-order valence-electron chi connectivity index (χ0n) is 17.9. The van der Waals surface area contributed by atoms with Crippen molar-refractivity contribution in [1.29, 1.82) is 0 Å². The summed E-state index contributed by atoms with van der Waals surface area (Å²) in [5.41, 5.74) is 3.53. The minimum absolute atomic E-state index is 0.225. The van der Waals surface area contributed by atoms with Crippen LogP contribution in [0.25, 0.3) is 11.0 Å². The molecule has 2 heterocycles. The summed E-state index contributed by atoms with van der Waals surface area (Å²) < 4.78 is 18.6. The molecule has 0 unspecified atom stereocenters. The van der Waals surface area contributed by atoms with Crippen LogP contribution in [0.2, 0.25) is 0 Å². The monoisotopic (exact) mass is 439 g/mol. The largest absolute Gasteiger partial charge is 0.465 e. The van der Waals surface area contributed by atoms with Gasteiger partial charge in [-0.1, -0.05) is 17.3 Å². The molecule has 0 atom stereocenters. The van der Waals surface area contributed by atoms with Crippen molar-refractivity contribution >= 4 is 23.0 Å². The fraction of sp³-hybridized carbons (Fsp3) is 0.375. The van der Waals surface area contributed by atoms with E-state index in [-0.39, 0.29) is 11.7 Å². The fourth-order valence-electron chi connectivity index (χ4n) is 4.25. The molecule has 1 fully saturated rings. The summed E-state index contributed by atoms with van der Waals surface area (Å²) in [6.45, 7) is 3.30. The smallest absolute Gasteiger partial charge is 0.407 e. The minimum atomic E-state index is -0.848. The number of carbonyl (C=O) groups excluding carboxylic acids is 1. The first-order valence-corrected chi connectivity index (χ1v) is 10.8. The highest BCUT2D eigenvalue weighted by atomic mass is 19.1. The Morgan fingerprint density at radius 2 is 1.91 bits per heavy atom. The number of nitrogens with zero attached hydrogens (tertiary/aromatic N) is 2. The Bertz CT molecular complexity index is 1120. The summed E-state index contributed by atoms with van der Waals surface area (Å²) in [6.07, 6.45) is 2.55. The fourth-order valence-corrected chi connectivity index (χ4v) is 4.25. The number of hydrogen-bond acceptors (Lipinski definition) is 4. The third kappa shape index (κ3) is 4.74. The van der Waals surface area contributed by atoms with Crippen molar-refractivity contribution in [1.82, 2.24) is 15.4 Å². The Morgan fingerprint density at radius 3 is 2.59 bits per heavy atom. The molecule has 1 saturated heterocycles. The zero-order chi connectivity index (χ0) is 22.7. The average molecular weight is 439 g/mol. The van der Waals surface area contributed by atoms with E-state index in [1.54, 1.807) is 18.2 Å². The van der Waals surface area contributed by atoms with Gasteiger partial charge in [0.15, 0.2) is 5.58 Å². The van der Waals surface area contributed by atoms with E-state index in [9.17, 15) is 14.0 Å². The van der Waals surface area contributed by atoms with Crippen molar-refractivity contribution in [2.45, 2.75) is 39.2 Å². The van der Waals surface area contributed by atoms with Crippen molar-refractivity contribution in [2.75, 3.05) is 13.1 Å². The highest BCUT2D eigenvalue weighted by Crippen LogP contribution is 2.28. The van der Waals surface area contributed by atoms with Crippen LogP contribution in [-0.2, 0) is 13.0 Å². The molecule has 168 valence electrons. The molecule has 0 aliphatic carbocycles. The lowest BCUT2D eigenvalue weighted by Crippen LogP contribution is -2.37. The second-order valence-corrected chi connectivity index (χ2v) is 8.30. The van der Waals surface area contributed by atoms with E-state index in [0.717, 1.165) is 47.9 Å². The zero-order valence-corrected chi connectivity index (χ0v) is 17.9. The highest BCUT2D eigenvalue weighted by Gasteiger charge is 2.23. The maximum atomic E-state index is 13.0. The Balaban J connectivity index is 1.39. The van der Waals surface area contributed by atoms with E-state index in [0.29, 0.717) is 36.7 Å². The molecule has 2 N–H and O–H groups in total. The topological polar surface area (TPSA) is 95.7 Å². The molecule has 4 rings (SSSR count). The number of aromatic nitrogens is 1. The number of piperidine rings is 1. The molecular formula is C24H26FN3O4. The number of halogens is 1. The van der Waals surface area contributed by atoms with Gasteiger partial charge in [-0.3, -0.25) is 4.79 Å². The number of hydrogen-bond donors (Lipinski definition) is 2. The molecule has 0 spiro atoms. The van der Waals surface area contributed by atoms with Crippen molar-refractivity contribution in [2.24, 2.45) is 5.92 Å². The molecule has 1 aromatic heterocycles. The summed E-state index contributed by atoms with van der Waals surface area (Å²) in [6, 6.07) is 9.66. The molecule has 1 aliphatic rings. The van der Waals surface area contributed by atoms with E-state index >= 15 is 0 Å². The number of nitrogens with one attached hydrogen (secondary N) is 1. The quantitative estimate of drug-likeness (QED) is 0.588. The number of fused-ring (bicyclic) bond motifs is 1. The lowest BCUT2D eigenvalue weighted by Gasteiger charge is -2.29. The van der Waals surface area contributed by atoms with Gasteiger partial charge >= 0.3 is 6.09 Å². The Hall–Kier alpha value is -3.42. The molecule has 2 amide bonds. The van der Waals surface area contributed by atoms with E-state index < -0.39 is 6.09 Å². The number of carbonyl (C=O) groups is 2. The first-order chi connectivity index (χ1) is 15.4. The van der Waals surface area contributed by atoms with Gasteiger partial charge in [-0.15, -0.1) is 0 Å². The lowest BCUT2D eigenvalue weighted by molar-refractivity contribution is 0.0950. The molecule has 2 aromatic carbocycles. The lowest BCUT2D eigenvalue weighted by atomic mass is 9.91. The van der Waals surface area contributed by atoms with Crippen molar-refractivity contribution < 1.29 is 23.6 Å². The predicted octanol–water partition coefficient (Wildman–Crippen LogP) is 4.53. The summed E-state index contributed by atoms with van der Waals surface area (Å²) in [7, 11) is 0. The van der Waals surface area contributed by atoms with Crippen LogP contribution in [0.1, 0.15) is 46.4 Å². The van der Waals surface area contributed by atoms with Gasteiger partial charge < -0.3 is 19.8 Å². The van der Waals surface area contributed by atoms with E-state index in [1.165, 1.54) is 17.0 Å². The molecule has 0 radical (unpaired) electrons. The number of carboxylic acid groups (broad SMARTS) is 1. The first kappa shape index (κ1) is 21.8. The molecule has 7 nitrogen and oxygen atoms in total. The van der Waals surface area contributed by atoms with Gasteiger partial charge in [-0.05, 0) is 68.4 Å². The Labute approximate surface area is 185 Å². The first-order valence-electron chi connectivity index (χ1n) is 10.8. The third-order valence-corrected chi connectivity index (χ3v) is 6.25. The van der Waals surface area contributed by atoms with Gasteiger partial charge in [0, 0.05) is 36.1 Å². The molecule has 3 aromatic rings. The van der Waals surface area contributed by atoms with E-state index in [2.05, 4.69) is 10.5 Å². The van der Waals surface area contributed by atoms with Gasteiger partial charge in [0.25, 0.3) is 5.91 Å². The molecule has 32 heavy (non-hydrogen) atoms. The van der Waals surface area contributed by atoms with E-state index in [1.807, 2.05) is 13.0 Å². The van der Waals surface area contributed by atoms with Crippen LogP contribution in [0.5, 0.6) is 0 Å². The predicted molar refractivity (Wildman–Crippen MR) is 117 cm³/mol. The highest BCUT2D eigenvalue weighted by molar-refractivity contribution is 6.00. The summed E-state index contributed by atoms with van der Waals surface area (Å²) >= 11 is 0. The van der Waals surface area contributed by atoms with Gasteiger partial charge in [0.2, 0.25) is 0 Å². The second kappa shape index (κ2) is 9.38. The average Bonchev–Trinajstić information content (AvgIpc) is 3.21. The van der Waals surface area contributed by atoms with Crippen LogP contribution in [0.4, 0.5) is 9.18 Å². The van der Waals surface area contributed by atoms with Crippen molar-refractivity contribution in [3.05, 3.63) is 64.6 Å². The summed E-state index contributed by atoms with van der Waals surface area (Å²) in [5, 5.41) is 17.1. The number of amides is 2. The summed E-state index contributed by atoms with van der Waals surface area (Å²) in [5.74, 6) is -0.0694. The van der Waals surface area contributed by atoms with Crippen LogP contribution >= 0.6 is 0 Å². The Morgan fingerprint density at radius 1 is 1.19 bits per heavy atom. The number of likely N-dealkylation sites (tertiary alicyclic amines) is 1.